The molecule has 0 heterocycles. The number of benzene rings is 1. The van der Waals surface area contributed by atoms with Crippen LogP contribution in [0.1, 0.15) is 44.0 Å². The minimum atomic E-state index is -0.563. The Morgan fingerprint density at radius 2 is 2.00 bits per heavy atom. The Hall–Kier alpha value is -1.58. The number of carbonyl (C=O) groups excluding carboxylic acids is 1. The molecule has 1 aromatic carbocycles. The van der Waals surface area contributed by atoms with Crippen molar-refractivity contribution in [2.45, 2.75) is 39.2 Å². The van der Waals surface area contributed by atoms with Crippen LogP contribution in [-0.2, 0) is 0 Å². The van der Waals surface area contributed by atoms with Crippen LogP contribution >= 0.6 is 0 Å². The summed E-state index contributed by atoms with van der Waals surface area (Å²) >= 11 is 0. The molecule has 17 heavy (non-hydrogen) atoms. The molecule has 0 aliphatic carbocycles. The fourth-order valence-corrected chi connectivity index (χ4v) is 1.50. The number of nitrogens with one attached hydrogen (secondary N) is 1. The summed E-state index contributed by atoms with van der Waals surface area (Å²) in [6, 6.07) is 4.25. The summed E-state index contributed by atoms with van der Waals surface area (Å²) in [5, 5.41) is 2.89. The molecule has 94 valence electrons. The molecule has 0 bridgehead atoms. The van der Waals surface area contributed by atoms with Crippen molar-refractivity contribution in [1.29, 1.82) is 0 Å². The zero-order chi connectivity index (χ0) is 13.1. The van der Waals surface area contributed by atoms with Gasteiger partial charge in [0.15, 0.2) is 0 Å². The van der Waals surface area contributed by atoms with E-state index in [2.05, 4.69) is 5.32 Å². The molecule has 0 saturated carbocycles. The largest absolute Gasteiger partial charge is 0.396 e. The molecule has 0 unspecified atom stereocenters. The van der Waals surface area contributed by atoms with Crippen LogP contribution in [0.5, 0.6) is 0 Å². The van der Waals surface area contributed by atoms with E-state index in [1.54, 1.807) is 0 Å². The first-order valence-electron chi connectivity index (χ1n) is 5.80. The van der Waals surface area contributed by atoms with Crippen molar-refractivity contribution < 1.29 is 9.18 Å². The summed E-state index contributed by atoms with van der Waals surface area (Å²) in [6.07, 6.45) is 1.62. The molecule has 0 atom stereocenters. The number of nitrogen functional groups attached to an aromatic ring is 1. The summed E-state index contributed by atoms with van der Waals surface area (Å²) in [5.74, 6) is -0.888. The maximum absolute atomic E-state index is 13.2. The van der Waals surface area contributed by atoms with Crippen LogP contribution < -0.4 is 11.1 Å². The minimum Gasteiger partial charge on any atom is -0.396 e. The van der Waals surface area contributed by atoms with E-state index in [1.165, 1.54) is 18.2 Å². The molecule has 4 heteroatoms. The van der Waals surface area contributed by atoms with Crippen molar-refractivity contribution in [3.8, 4) is 0 Å². The highest BCUT2D eigenvalue weighted by Gasteiger charge is 2.23. The van der Waals surface area contributed by atoms with Gasteiger partial charge in [0, 0.05) is 5.54 Å². The van der Waals surface area contributed by atoms with Crippen LogP contribution in [0.25, 0.3) is 0 Å². The predicted molar refractivity (Wildman–Crippen MR) is 67.3 cm³/mol. The molecular weight excluding hydrogens is 219 g/mol. The number of para-hydroxylation sites is 1. The molecule has 0 fully saturated rings. The van der Waals surface area contributed by atoms with E-state index in [0.29, 0.717) is 0 Å². The topological polar surface area (TPSA) is 55.1 Å². The molecular formula is C13H19FN2O. The number of hydrogen-bond acceptors (Lipinski definition) is 2. The molecule has 0 radical (unpaired) electrons. The summed E-state index contributed by atoms with van der Waals surface area (Å²) < 4.78 is 13.2. The highest BCUT2D eigenvalue weighted by atomic mass is 19.1. The van der Waals surface area contributed by atoms with Gasteiger partial charge in [-0.15, -0.1) is 0 Å². The third-order valence-electron chi connectivity index (χ3n) is 3.27. The van der Waals surface area contributed by atoms with Gasteiger partial charge in [-0.25, -0.2) is 4.39 Å². The Bertz CT molecular complexity index is 414. The van der Waals surface area contributed by atoms with Crippen molar-refractivity contribution in [3.63, 3.8) is 0 Å². The molecule has 0 spiro atoms. The van der Waals surface area contributed by atoms with E-state index in [1.807, 2.05) is 20.8 Å². The average Bonchev–Trinajstić information content (AvgIpc) is 2.32. The SMILES string of the molecule is CCC(C)(CC)NC(=O)c1cccc(F)c1N. The van der Waals surface area contributed by atoms with E-state index in [0.717, 1.165) is 12.8 Å². The van der Waals surface area contributed by atoms with Gasteiger partial charge < -0.3 is 11.1 Å². The number of hydrogen-bond donors (Lipinski definition) is 2. The Morgan fingerprint density at radius 3 is 2.53 bits per heavy atom. The van der Waals surface area contributed by atoms with Gasteiger partial charge in [-0.05, 0) is 31.9 Å². The van der Waals surface area contributed by atoms with Gasteiger partial charge in [0.25, 0.3) is 5.91 Å². The summed E-state index contributed by atoms with van der Waals surface area (Å²) in [6.45, 7) is 5.96. The van der Waals surface area contributed by atoms with Gasteiger partial charge >= 0.3 is 0 Å². The molecule has 1 aromatic rings. The monoisotopic (exact) mass is 238 g/mol. The fraction of sp³-hybridized carbons (Fsp3) is 0.462. The second kappa shape index (κ2) is 5.17. The maximum Gasteiger partial charge on any atom is 0.253 e. The molecule has 1 rings (SSSR count). The van der Waals surface area contributed by atoms with Crippen molar-refractivity contribution in [2.24, 2.45) is 0 Å². The Kier molecular flexibility index (Phi) is 4.10. The maximum atomic E-state index is 13.2. The van der Waals surface area contributed by atoms with E-state index in [4.69, 9.17) is 5.73 Å². The highest BCUT2D eigenvalue weighted by molar-refractivity contribution is 5.99. The molecule has 3 nitrogen and oxygen atoms in total. The van der Waals surface area contributed by atoms with Gasteiger partial charge in [0.05, 0.1) is 11.3 Å². The van der Waals surface area contributed by atoms with E-state index in [9.17, 15) is 9.18 Å². The van der Waals surface area contributed by atoms with Crippen molar-refractivity contribution in [1.82, 2.24) is 5.32 Å². The van der Waals surface area contributed by atoms with Crippen molar-refractivity contribution in [3.05, 3.63) is 29.6 Å². The number of anilines is 1. The third kappa shape index (κ3) is 2.96. The van der Waals surface area contributed by atoms with Crippen LogP contribution in [-0.4, -0.2) is 11.4 Å². The van der Waals surface area contributed by atoms with Gasteiger partial charge in [-0.1, -0.05) is 19.9 Å². The highest BCUT2D eigenvalue weighted by Crippen LogP contribution is 2.19. The summed E-state index contributed by atoms with van der Waals surface area (Å²) in [5.41, 5.74) is 5.36. The first kappa shape index (κ1) is 13.5. The van der Waals surface area contributed by atoms with Crippen molar-refractivity contribution in [2.75, 3.05) is 5.73 Å². The lowest BCUT2D eigenvalue weighted by atomic mass is 9.95. The van der Waals surface area contributed by atoms with E-state index < -0.39 is 5.82 Å². The van der Waals surface area contributed by atoms with Crippen LogP contribution in [0.3, 0.4) is 0 Å². The fourth-order valence-electron chi connectivity index (χ4n) is 1.50. The number of rotatable bonds is 4. The predicted octanol–water partition coefficient (Wildman–Crippen LogP) is 2.72. The number of nitrogens with two attached hydrogens (primary N) is 1. The normalized spacial score (nSPS) is 11.3. The number of halogens is 1. The average molecular weight is 238 g/mol. The summed E-state index contributed by atoms with van der Waals surface area (Å²) in [4.78, 5) is 12.0. The van der Waals surface area contributed by atoms with Crippen LogP contribution in [0.4, 0.5) is 10.1 Å². The van der Waals surface area contributed by atoms with E-state index in [-0.39, 0.29) is 22.7 Å². The second-order valence-electron chi connectivity index (χ2n) is 4.42. The molecule has 3 N–H and O–H groups in total. The first-order valence-corrected chi connectivity index (χ1v) is 5.80. The van der Waals surface area contributed by atoms with Crippen LogP contribution in [0.2, 0.25) is 0 Å². The smallest absolute Gasteiger partial charge is 0.253 e. The zero-order valence-electron chi connectivity index (χ0n) is 10.5. The van der Waals surface area contributed by atoms with Crippen molar-refractivity contribution >= 4 is 11.6 Å². The minimum absolute atomic E-state index is 0.0976. The molecule has 0 aliphatic heterocycles. The quantitative estimate of drug-likeness (QED) is 0.792. The zero-order valence-corrected chi connectivity index (χ0v) is 10.5. The lowest BCUT2D eigenvalue weighted by molar-refractivity contribution is 0.0901. The van der Waals surface area contributed by atoms with Crippen LogP contribution in [0.15, 0.2) is 18.2 Å². The van der Waals surface area contributed by atoms with Gasteiger partial charge in [0.2, 0.25) is 0 Å². The van der Waals surface area contributed by atoms with Gasteiger partial charge in [-0.3, -0.25) is 4.79 Å². The Labute approximate surface area is 101 Å². The summed E-state index contributed by atoms with van der Waals surface area (Å²) in [7, 11) is 0. The third-order valence-corrected chi connectivity index (χ3v) is 3.27. The number of amides is 1. The van der Waals surface area contributed by atoms with E-state index >= 15 is 0 Å². The Morgan fingerprint density at radius 1 is 1.41 bits per heavy atom. The van der Waals surface area contributed by atoms with Gasteiger partial charge in [0.1, 0.15) is 5.82 Å². The number of carbonyl (C=O) groups is 1. The molecule has 0 saturated heterocycles. The molecule has 0 aromatic heterocycles. The molecule has 1 amide bonds. The van der Waals surface area contributed by atoms with Crippen LogP contribution in [0, 0.1) is 5.82 Å². The second-order valence-corrected chi connectivity index (χ2v) is 4.42. The molecule has 0 aliphatic rings. The Balaban J connectivity index is 2.94. The standard InChI is InChI=1S/C13H19FN2O/c1-4-13(3,5-2)16-12(17)9-7-6-8-10(14)11(9)15/h6-8H,4-5,15H2,1-3H3,(H,16,17). The lowest BCUT2D eigenvalue weighted by Gasteiger charge is -2.28. The van der Waals surface area contributed by atoms with Gasteiger partial charge in [-0.2, -0.15) is 0 Å². The first-order chi connectivity index (χ1) is 7.93. The lowest BCUT2D eigenvalue weighted by Crippen LogP contribution is -2.45.